The summed E-state index contributed by atoms with van der Waals surface area (Å²) in [4.78, 5) is 8.39. The summed E-state index contributed by atoms with van der Waals surface area (Å²) in [5.74, 6) is 0. The molecule has 10 nitrogen and oxygen atoms in total. The van der Waals surface area contributed by atoms with Gasteiger partial charge in [0.1, 0.15) is 9.79 Å². The molecule has 0 unspecified atom stereocenters. The average molecular weight is 362 g/mol. The molecule has 2 rings (SSSR count). The van der Waals surface area contributed by atoms with Crippen LogP contribution in [0.2, 0.25) is 0 Å². The van der Waals surface area contributed by atoms with Gasteiger partial charge in [-0.25, -0.2) is 0 Å². The highest BCUT2D eigenvalue weighted by Crippen LogP contribution is 2.35. The number of benzene rings is 2. The topological polar surface area (TPSA) is 164 Å². The zero-order chi connectivity index (χ0) is 17.6. The Kier molecular flexibility index (Phi) is 4.02. The standard InChI is InChI=1S/C11H10N2O8S2/c1-12-6-2-8-9(10(3-6)22(16,17)18)4-7(13(14)15)5-11(8)23(19,20)21/h2-5,12H,1H3,(H,16,17,18)(H,19,20,21). The lowest BCUT2D eigenvalue weighted by Crippen LogP contribution is -2.05. The van der Waals surface area contributed by atoms with Crippen LogP contribution < -0.4 is 5.32 Å². The van der Waals surface area contributed by atoms with E-state index in [4.69, 9.17) is 0 Å². The highest BCUT2D eigenvalue weighted by atomic mass is 32.2. The van der Waals surface area contributed by atoms with Crippen molar-refractivity contribution in [2.75, 3.05) is 12.4 Å². The Morgan fingerprint density at radius 3 is 1.87 bits per heavy atom. The summed E-state index contributed by atoms with van der Waals surface area (Å²) < 4.78 is 64.5. The van der Waals surface area contributed by atoms with Crippen molar-refractivity contribution in [1.82, 2.24) is 0 Å². The Morgan fingerprint density at radius 2 is 1.43 bits per heavy atom. The van der Waals surface area contributed by atoms with Crippen molar-refractivity contribution in [3.05, 3.63) is 34.4 Å². The summed E-state index contributed by atoms with van der Waals surface area (Å²) in [6, 6.07) is 3.56. The van der Waals surface area contributed by atoms with Crippen molar-refractivity contribution in [2.45, 2.75) is 9.79 Å². The van der Waals surface area contributed by atoms with Gasteiger partial charge in [-0.2, -0.15) is 16.8 Å². The number of anilines is 1. The van der Waals surface area contributed by atoms with Crippen molar-refractivity contribution < 1.29 is 30.9 Å². The van der Waals surface area contributed by atoms with E-state index in [-0.39, 0.29) is 11.1 Å². The molecule has 124 valence electrons. The zero-order valence-electron chi connectivity index (χ0n) is 11.4. The van der Waals surface area contributed by atoms with E-state index in [1.165, 1.54) is 13.1 Å². The van der Waals surface area contributed by atoms with E-state index < -0.39 is 46.0 Å². The first-order valence-corrected chi connectivity index (χ1v) is 8.72. The Hall–Kier alpha value is -2.28. The Labute approximate surface area is 130 Å². The highest BCUT2D eigenvalue weighted by Gasteiger charge is 2.25. The van der Waals surface area contributed by atoms with Crippen LogP contribution in [-0.2, 0) is 20.2 Å². The van der Waals surface area contributed by atoms with Gasteiger partial charge in [-0.15, -0.1) is 0 Å². The summed E-state index contributed by atoms with van der Waals surface area (Å²) in [7, 11) is -8.28. The van der Waals surface area contributed by atoms with Crippen LogP contribution in [0.5, 0.6) is 0 Å². The molecule has 0 spiro atoms. The van der Waals surface area contributed by atoms with E-state index in [0.29, 0.717) is 6.07 Å². The molecule has 0 bridgehead atoms. The zero-order valence-corrected chi connectivity index (χ0v) is 13.1. The average Bonchev–Trinajstić information content (AvgIpc) is 2.42. The Balaban J connectivity index is 3.16. The monoisotopic (exact) mass is 362 g/mol. The van der Waals surface area contributed by atoms with Crippen LogP contribution in [0.1, 0.15) is 0 Å². The minimum atomic E-state index is -4.88. The van der Waals surface area contributed by atoms with E-state index in [2.05, 4.69) is 5.32 Å². The molecule has 23 heavy (non-hydrogen) atoms. The number of nitro groups is 1. The third-order valence-electron chi connectivity index (χ3n) is 3.03. The number of fused-ring (bicyclic) bond motifs is 1. The van der Waals surface area contributed by atoms with Crippen molar-refractivity contribution in [1.29, 1.82) is 0 Å². The Bertz CT molecular complexity index is 1030. The minimum Gasteiger partial charge on any atom is -0.388 e. The van der Waals surface area contributed by atoms with E-state index in [0.717, 1.165) is 12.1 Å². The molecule has 0 atom stereocenters. The van der Waals surface area contributed by atoms with Crippen molar-refractivity contribution in [2.24, 2.45) is 0 Å². The second-order valence-corrected chi connectivity index (χ2v) is 7.25. The molecule has 0 aromatic heterocycles. The molecule has 0 aliphatic heterocycles. The van der Waals surface area contributed by atoms with Gasteiger partial charge in [0.25, 0.3) is 25.9 Å². The van der Waals surface area contributed by atoms with Gasteiger partial charge in [0.15, 0.2) is 0 Å². The summed E-state index contributed by atoms with van der Waals surface area (Å²) in [6.07, 6.45) is 0. The number of hydrogen-bond acceptors (Lipinski definition) is 7. The molecule has 12 heteroatoms. The van der Waals surface area contributed by atoms with E-state index in [1.807, 2.05) is 0 Å². The van der Waals surface area contributed by atoms with Crippen LogP contribution in [0.25, 0.3) is 10.8 Å². The van der Waals surface area contributed by atoms with Gasteiger partial charge >= 0.3 is 0 Å². The normalized spacial score (nSPS) is 12.3. The molecule has 0 radical (unpaired) electrons. The third kappa shape index (κ3) is 3.24. The van der Waals surface area contributed by atoms with E-state index in [1.54, 1.807) is 0 Å². The van der Waals surface area contributed by atoms with Crippen LogP contribution in [0.3, 0.4) is 0 Å². The van der Waals surface area contributed by atoms with Crippen molar-refractivity contribution in [3.63, 3.8) is 0 Å². The molecular formula is C11H10N2O8S2. The van der Waals surface area contributed by atoms with Crippen molar-refractivity contribution >= 4 is 42.4 Å². The molecule has 0 fully saturated rings. The first-order chi connectivity index (χ1) is 10.4. The largest absolute Gasteiger partial charge is 0.388 e. The van der Waals surface area contributed by atoms with Gasteiger partial charge in [0.2, 0.25) is 0 Å². The quantitative estimate of drug-likeness (QED) is 0.413. The van der Waals surface area contributed by atoms with Gasteiger partial charge in [-0.1, -0.05) is 0 Å². The minimum absolute atomic E-state index is 0.115. The van der Waals surface area contributed by atoms with Crippen molar-refractivity contribution in [3.8, 4) is 0 Å². The fourth-order valence-corrected chi connectivity index (χ4v) is 3.50. The number of nitrogens with one attached hydrogen (secondary N) is 1. The third-order valence-corrected chi connectivity index (χ3v) is 4.82. The van der Waals surface area contributed by atoms with E-state index in [9.17, 15) is 36.1 Å². The molecule has 3 N–H and O–H groups in total. The molecule has 0 aliphatic rings. The predicted molar refractivity (Wildman–Crippen MR) is 79.8 cm³/mol. The molecular weight excluding hydrogens is 352 g/mol. The van der Waals surface area contributed by atoms with Gasteiger partial charge < -0.3 is 5.32 Å². The SMILES string of the molecule is CNc1cc(S(=O)(=O)O)c2cc([N+](=O)[O-])cc(S(=O)(=O)O)c2c1. The smallest absolute Gasteiger partial charge is 0.295 e. The van der Waals surface area contributed by atoms with Gasteiger partial charge in [0, 0.05) is 35.6 Å². The summed E-state index contributed by atoms with van der Waals surface area (Å²) in [6.45, 7) is 0. The van der Waals surface area contributed by atoms with E-state index >= 15 is 0 Å². The lowest BCUT2D eigenvalue weighted by atomic mass is 10.1. The summed E-state index contributed by atoms with van der Waals surface area (Å²) >= 11 is 0. The Morgan fingerprint density at radius 1 is 0.957 bits per heavy atom. The second-order valence-electron chi connectivity index (χ2n) is 4.47. The second kappa shape index (κ2) is 5.42. The maximum absolute atomic E-state index is 11.5. The summed E-state index contributed by atoms with van der Waals surface area (Å²) in [5.41, 5.74) is -0.642. The highest BCUT2D eigenvalue weighted by molar-refractivity contribution is 7.86. The van der Waals surface area contributed by atoms with Gasteiger partial charge in [-0.05, 0) is 12.1 Å². The van der Waals surface area contributed by atoms with Crippen LogP contribution in [0, 0.1) is 10.1 Å². The number of hydrogen-bond donors (Lipinski definition) is 3. The maximum Gasteiger partial charge on any atom is 0.295 e. The lowest BCUT2D eigenvalue weighted by molar-refractivity contribution is -0.384. The maximum atomic E-state index is 11.5. The number of nitro benzene ring substituents is 1. The molecule has 0 amide bonds. The summed E-state index contributed by atoms with van der Waals surface area (Å²) in [5, 5.41) is 12.8. The number of rotatable bonds is 4. The first kappa shape index (κ1) is 17.1. The number of non-ortho nitro benzene ring substituents is 1. The fourth-order valence-electron chi connectivity index (χ4n) is 2.06. The van der Waals surface area contributed by atoms with Crippen LogP contribution >= 0.6 is 0 Å². The fraction of sp³-hybridized carbons (Fsp3) is 0.0909. The van der Waals surface area contributed by atoms with Gasteiger partial charge in [0.05, 0.1) is 4.92 Å². The van der Waals surface area contributed by atoms with Crippen LogP contribution in [-0.4, -0.2) is 37.9 Å². The molecule has 2 aromatic rings. The number of nitrogens with zero attached hydrogens (tertiary/aromatic N) is 1. The predicted octanol–water partition coefficient (Wildman–Crippen LogP) is 1.28. The molecule has 0 saturated carbocycles. The molecule has 0 saturated heterocycles. The van der Waals surface area contributed by atoms with Gasteiger partial charge in [-0.3, -0.25) is 19.2 Å². The molecule has 0 heterocycles. The van der Waals surface area contributed by atoms with Crippen LogP contribution in [0.15, 0.2) is 34.1 Å². The van der Waals surface area contributed by atoms with Crippen LogP contribution in [0.4, 0.5) is 11.4 Å². The molecule has 2 aromatic carbocycles. The lowest BCUT2D eigenvalue weighted by Gasteiger charge is -2.10. The molecule has 0 aliphatic carbocycles. The first-order valence-electron chi connectivity index (χ1n) is 5.84.